The van der Waals surface area contributed by atoms with Crippen LogP contribution in [0.3, 0.4) is 0 Å². The van der Waals surface area contributed by atoms with Crippen LogP contribution in [0.25, 0.3) is 0 Å². The van der Waals surface area contributed by atoms with Gasteiger partial charge in [0.05, 0.1) is 6.61 Å². The summed E-state index contributed by atoms with van der Waals surface area (Å²) in [7, 11) is 0. The van der Waals surface area contributed by atoms with Gasteiger partial charge in [-0.05, 0) is 44.0 Å². The largest absolute Gasteiger partial charge is 0.460 e. The Bertz CT molecular complexity index is 475. The van der Waals surface area contributed by atoms with Gasteiger partial charge in [0.25, 0.3) is 5.78 Å². The first-order chi connectivity index (χ1) is 8.01. The van der Waals surface area contributed by atoms with Crippen LogP contribution in [-0.4, -0.2) is 24.6 Å². The Morgan fingerprint density at radius 1 is 1.24 bits per heavy atom. The zero-order valence-electron chi connectivity index (χ0n) is 10.1. The number of aryl methyl sites for hydroxylation is 2. The molecule has 0 unspecified atom stereocenters. The first-order valence-electron chi connectivity index (χ1n) is 5.29. The monoisotopic (exact) mass is 234 g/mol. The van der Waals surface area contributed by atoms with Crippen LogP contribution in [0.4, 0.5) is 0 Å². The highest BCUT2D eigenvalue weighted by Crippen LogP contribution is 2.15. The van der Waals surface area contributed by atoms with Crippen molar-refractivity contribution in [1.29, 1.82) is 0 Å². The Hall–Kier alpha value is -1.97. The van der Waals surface area contributed by atoms with E-state index in [4.69, 9.17) is 0 Å². The molecule has 0 atom stereocenters. The van der Waals surface area contributed by atoms with Crippen LogP contribution < -0.4 is 0 Å². The number of carbonyl (C=O) groups is 3. The second kappa shape index (κ2) is 5.39. The van der Waals surface area contributed by atoms with Crippen LogP contribution in [-0.2, 0) is 9.53 Å². The molecule has 0 aliphatic heterocycles. The first kappa shape index (κ1) is 13.1. The summed E-state index contributed by atoms with van der Waals surface area (Å²) in [4.78, 5) is 33.9. The Morgan fingerprint density at radius 2 is 1.82 bits per heavy atom. The van der Waals surface area contributed by atoms with Crippen molar-refractivity contribution >= 4 is 18.0 Å². The molecule has 4 heteroatoms. The number of hydrogen-bond acceptors (Lipinski definition) is 4. The summed E-state index contributed by atoms with van der Waals surface area (Å²) in [6.45, 7) is 5.39. The van der Waals surface area contributed by atoms with E-state index >= 15 is 0 Å². The van der Waals surface area contributed by atoms with Gasteiger partial charge in [0.1, 0.15) is 0 Å². The zero-order valence-corrected chi connectivity index (χ0v) is 10.1. The molecule has 0 fully saturated rings. The van der Waals surface area contributed by atoms with Gasteiger partial charge < -0.3 is 4.74 Å². The highest BCUT2D eigenvalue weighted by atomic mass is 16.5. The SMILES string of the molecule is CCOC(=O)C(=O)c1cc(C)c(C)cc1C=O. The third-order valence-electron chi connectivity index (χ3n) is 2.50. The molecule has 0 N–H and O–H groups in total. The van der Waals surface area contributed by atoms with E-state index < -0.39 is 11.8 Å². The number of ether oxygens (including phenoxy) is 1. The van der Waals surface area contributed by atoms with Gasteiger partial charge in [0.2, 0.25) is 0 Å². The lowest BCUT2D eigenvalue weighted by Gasteiger charge is -2.07. The van der Waals surface area contributed by atoms with Crippen molar-refractivity contribution in [1.82, 2.24) is 0 Å². The Kier molecular flexibility index (Phi) is 4.15. The molecule has 17 heavy (non-hydrogen) atoms. The first-order valence-corrected chi connectivity index (χ1v) is 5.29. The zero-order chi connectivity index (χ0) is 13.0. The van der Waals surface area contributed by atoms with Crippen molar-refractivity contribution < 1.29 is 19.1 Å². The molecule has 1 aromatic carbocycles. The Labute approximate surface area is 99.6 Å². The van der Waals surface area contributed by atoms with E-state index in [1.165, 1.54) is 0 Å². The predicted molar refractivity (Wildman–Crippen MR) is 62.3 cm³/mol. The van der Waals surface area contributed by atoms with Crippen LogP contribution in [0.15, 0.2) is 12.1 Å². The molecule has 0 spiro atoms. The van der Waals surface area contributed by atoms with E-state index in [0.29, 0.717) is 6.29 Å². The van der Waals surface area contributed by atoms with Crippen LogP contribution in [0.5, 0.6) is 0 Å². The van der Waals surface area contributed by atoms with Crippen LogP contribution in [0, 0.1) is 13.8 Å². The molecule has 1 rings (SSSR count). The van der Waals surface area contributed by atoms with E-state index in [1.807, 2.05) is 13.8 Å². The van der Waals surface area contributed by atoms with Crippen molar-refractivity contribution in [2.45, 2.75) is 20.8 Å². The standard InChI is InChI=1S/C13H14O4/c1-4-17-13(16)12(15)11-6-9(3)8(2)5-10(11)7-14/h5-7H,4H2,1-3H3. The highest BCUT2D eigenvalue weighted by molar-refractivity contribution is 6.41. The van der Waals surface area contributed by atoms with E-state index in [-0.39, 0.29) is 17.7 Å². The number of benzene rings is 1. The molecule has 1 aromatic rings. The predicted octanol–water partition coefficient (Wildman–Crippen LogP) is 1.86. The fraction of sp³-hybridized carbons (Fsp3) is 0.308. The maximum atomic E-state index is 11.7. The topological polar surface area (TPSA) is 60.4 Å². The molecule has 0 saturated carbocycles. The van der Waals surface area contributed by atoms with Gasteiger partial charge >= 0.3 is 5.97 Å². The molecular weight excluding hydrogens is 220 g/mol. The molecule has 0 aliphatic carbocycles. The summed E-state index contributed by atoms with van der Waals surface area (Å²) in [6.07, 6.45) is 0.568. The fourth-order valence-electron chi connectivity index (χ4n) is 1.44. The van der Waals surface area contributed by atoms with E-state index in [2.05, 4.69) is 4.74 Å². The molecule has 0 amide bonds. The summed E-state index contributed by atoms with van der Waals surface area (Å²) in [5.41, 5.74) is 2.06. The van der Waals surface area contributed by atoms with Crippen molar-refractivity contribution in [3.05, 3.63) is 34.4 Å². The third kappa shape index (κ3) is 2.78. The number of hydrogen-bond donors (Lipinski definition) is 0. The maximum absolute atomic E-state index is 11.7. The molecule has 0 aliphatic rings. The average molecular weight is 234 g/mol. The summed E-state index contributed by atoms with van der Waals surface area (Å²) in [5.74, 6) is -1.71. The van der Waals surface area contributed by atoms with Crippen molar-refractivity contribution in [3.8, 4) is 0 Å². The number of ketones is 1. The van der Waals surface area contributed by atoms with Crippen molar-refractivity contribution in [3.63, 3.8) is 0 Å². The molecule has 0 bridgehead atoms. The van der Waals surface area contributed by atoms with Gasteiger partial charge in [-0.2, -0.15) is 0 Å². The van der Waals surface area contributed by atoms with Gasteiger partial charge in [-0.25, -0.2) is 4.79 Å². The van der Waals surface area contributed by atoms with E-state index in [0.717, 1.165) is 11.1 Å². The molecular formula is C13H14O4. The van der Waals surface area contributed by atoms with Crippen molar-refractivity contribution in [2.75, 3.05) is 6.61 Å². The number of carbonyl (C=O) groups excluding carboxylic acids is 3. The van der Waals surface area contributed by atoms with E-state index in [9.17, 15) is 14.4 Å². The van der Waals surface area contributed by atoms with Crippen LogP contribution >= 0.6 is 0 Å². The normalized spacial score (nSPS) is 9.82. The Morgan fingerprint density at radius 3 is 2.35 bits per heavy atom. The number of rotatable bonds is 4. The minimum atomic E-state index is -0.932. The second-order valence-corrected chi connectivity index (χ2v) is 3.69. The lowest BCUT2D eigenvalue weighted by molar-refractivity contribution is -0.137. The summed E-state index contributed by atoms with van der Waals surface area (Å²) in [6, 6.07) is 3.13. The molecule has 4 nitrogen and oxygen atoms in total. The van der Waals surface area contributed by atoms with Gasteiger partial charge in [-0.3, -0.25) is 9.59 Å². The van der Waals surface area contributed by atoms with Crippen LogP contribution in [0.1, 0.15) is 38.8 Å². The molecule has 90 valence electrons. The number of aldehydes is 1. The lowest BCUT2D eigenvalue weighted by Crippen LogP contribution is -2.19. The smallest absolute Gasteiger partial charge is 0.379 e. The van der Waals surface area contributed by atoms with Gasteiger partial charge in [-0.15, -0.1) is 0 Å². The van der Waals surface area contributed by atoms with Crippen molar-refractivity contribution in [2.24, 2.45) is 0 Å². The number of Topliss-reactive ketones (excluding diaryl/α,β-unsaturated/α-hetero) is 1. The summed E-state index contributed by atoms with van der Waals surface area (Å²) in [5, 5.41) is 0. The van der Waals surface area contributed by atoms with E-state index in [1.54, 1.807) is 19.1 Å². The third-order valence-corrected chi connectivity index (χ3v) is 2.50. The van der Waals surface area contributed by atoms with Crippen LogP contribution in [0.2, 0.25) is 0 Å². The molecule has 0 aromatic heterocycles. The van der Waals surface area contributed by atoms with Gasteiger partial charge in [0.15, 0.2) is 6.29 Å². The van der Waals surface area contributed by atoms with Gasteiger partial charge in [0, 0.05) is 11.1 Å². The minimum absolute atomic E-state index is 0.0987. The minimum Gasteiger partial charge on any atom is -0.460 e. The number of esters is 1. The highest BCUT2D eigenvalue weighted by Gasteiger charge is 2.21. The molecule has 0 saturated heterocycles. The quantitative estimate of drug-likeness (QED) is 0.345. The summed E-state index contributed by atoms with van der Waals surface area (Å²) < 4.78 is 4.62. The lowest BCUT2D eigenvalue weighted by atomic mass is 9.98. The Balaban J connectivity index is 3.21. The molecule has 0 radical (unpaired) electrons. The molecule has 0 heterocycles. The van der Waals surface area contributed by atoms with Gasteiger partial charge in [-0.1, -0.05) is 0 Å². The fourth-order valence-corrected chi connectivity index (χ4v) is 1.44. The average Bonchev–Trinajstić information content (AvgIpc) is 2.31. The second-order valence-electron chi connectivity index (χ2n) is 3.69. The maximum Gasteiger partial charge on any atom is 0.379 e. The summed E-state index contributed by atoms with van der Waals surface area (Å²) >= 11 is 0.